The normalized spacial score (nSPS) is 13.1. The number of aromatic nitrogens is 4. The summed E-state index contributed by atoms with van der Waals surface area (Å²) in [4.78, 5) is 21.6. The summed E-state index contributed by atoms with van der Waals surface area (Å²) in [5.41, 5.74) is 4.45. The Morgan fingerprint density at radius 1 is 1.17 bits per heavy atom. The van der Waals surface area contributed by atoms with E-state index < -0.39 is 0 Å². The maximum absolute atomic E-state index is 13.6. The standard InChI is InChI=1S/C26H27FN6O2/c1-16(2)25(34)29-13-18-6-4-8-23-20(18)14-30-33(23)26-31-22-9-10-35-15-21(22)24(32-26)28-12-17-5-3-7-19(27)11-17/h3-8,11,14,16H,9-10,12-13,15H2,1-2H3,(H,29,34)(H,28,31,32). The second kappa shape index (κ2) is 9.79. The number of hydrogen-bond acceptors (Lipinski definition) is 6. The number of nitrogens with one attached hydrogen (secondary N) is 2. The van der Waals surface area contributed by atoms with Crippen molar-refractivity contribution in [1.82, 2.24) is 25.1 Å². The number of ether oxygens (including phenoxy) is 1. The van der Waals surface area contributed by atoms with E-state index >= 15 is 0 Å². The topological polar surface area (TPSA) is 94.0 Å². The van der Waals surface area contributed by atoms with Crippen LogP contribution in [0.15, 0.2) is 48.7 Å². The highest BCUT2D eigenvalue weighted by molar-refractivity contribution is 5.84. The Balaban J connectivity index is 1.48. The molecule has 0 spiro atoms. The summed E-state index contributed by atoms with van der Waals surface area (Å²) in [5.74, 6) is 0.747. The minimum absolute atomic E-state index is 0.00338. The smallest absolute Gasteiger partial charge is 0.253 e. The number of benzene rings is 2. The molecule has 1 aliphatic rings. The Hall–Kier alpha value is -3.85. The van der Waals surface area contributed by atoms with Gasteiger partial charge in [0.25, 0.3) is 5.95 Å². The van der Waals surface area contributed by atoms with E-state index in [0.717, 1.165) is 33.3 Å². The van der Waals surface area contributed by atoms with Crippen LogP contribution in [0.5, 0.6) is 0 Å². The fourth-order valence-corrected chi connectivity index (χ4v) is 4.10. The minimum atomic E-state index is -0.276. The van der Waals surface area contributed by atoms with Crippen LogP contribution < -0.4 is 10.6 Å². The van der Waals surface area contributed by atoms with Gasteiger partial charge in [0.2, 0.25) is 5.91 Å². The van der Waals surface area contributed by atoms with E-state index in [1.807, 2.05) is 38.1 Å². The van der Waals surface area contributed by atoms with Crippen LogP contribution in [0, 0.1) is 11.7 Å². The fourth-order valence-electron chi connectivity index (χ4n) is 4.10. The van der Waals surface area contributed by atoms with Gasteiger partial charge in [0, 0.05) is 36.4 Å². The summed E-state index contributed by atoms with van der Waals surface area (Å²) in [6.45, 7) is 5.58. The lowest BCUT2D eigenvalue weighted by Gasteiger charge is -2.20. The molecule has 1 amide bonds. The molecule has 180 valence electrons. The molecule has 0 saturated heterocycles. The van der Waals surface area contributed by atoms with Gasteiger partial charge in [-0.15, -0.1) is 0 Å². The van der Waals surface area contributed by atoms with Crippen molar-refractivity contribution in [1.29, 1.82) is 0 Å². The van der Waals surface area contributed by atoms with Gasteiger partial charge in [0.05, 0.1) is 30.6 Å². The quantitative estimate of drug-likeness (QED) is 0.422. The first-order valence-corrected chi connectivity index (χ1v) is 11.7. The van der Waals surface area contributed by atoms with E-state index in [1.165, 1.54) is 12.1 Å². The van der Waals surface area contributed by atoms with E-state index in [0.29, 0.717) is 44.5 Å². The monoisotopic (exact) mass is 474 g/mol. The van der Waals surface area contributed by atoms with Crippen LogP contribution in [-0.4, -0.2) is 32.3 Å². The number of hydrogen-bond donors (Lipinski definition) is 2. The largest absolute Gasteiger partial charge is 0.376 e. The highest BCUT2D eigenvalue weighted by atomic mass is 19.1. The molecule has 35 heavy (non-hydrogen) atoms. The number of amides is 1. The molecule has 4 aromatic rings. The van der Waals surface area contributed by atoms with E-state index in [-0.39, 0.29) is 17.6 Å². The van der Waals surface area contributed by atoms with Gasteiger partial charge in [-0.3, -0.25) is 4.79 Å². The minimum Gasteiger partial charge on any atom is -0.376 e. The zero-order valence-electron chi connectivity index (χ0n) is 19.7. The lowest BCUT2D eigenvalue weighted by molar-refractivity contribution is -0.124. The molecule has 5 rings (SSSR count). The van der Waals surface area contributed by atoms with Crippen LogP contribution >= 0.6 is 0 Å². The predicted molar refractivity (Wildman–Crippen MR) is 130 cm³/mol. The van der Waals surface area contributed by atoms with Gasteiger partial charge in [-0.05, 0) is 29.3 Å². The summed E-state index contributed by atoms with van der Waals surface area (Å²) in [5, 5.41) is 11.8. The van der Waals surface area contributed by atoms with Crippen molar-refractivity contribution in [3.63, 3.8) is 0 Å². The molecule has 2 aromatic carbocycles. The molecule has 0 bridgehead atoms. The van der Waals surface area contributed by atoms with Crippen molar-refractivity contribution in [2.24, 2.45) is 5.92 Å². The average Bonchev–Trinajstić information content (AvgIpc) is 3.30. The van der Waals surface area contributed by atoms with Crippen LogP contribution in [0.3, 0.4) is 0 Å². The van der Waals surface area contributed by atoms with Crippen LogP contribution in [0.25, 0.3) is 16.9 Å². The number of anilines is 1. The lowest BCUT2D eigenvalue weighted by Crippen LogP contribution is -2.27. The molecule has 0 fully saturated rings. The molecule has 3 heterocycles. The number of carbonyl (C=O) groups excluding carboxylic acids is 1. The second-order valence-electron chi connectivity index (χ2n) is 8.86. The number of carbonyl (C=O) groups is 1. The van der Waals surface area contributed by atoms with Gasteiger partial charge in [-0.1, -0.05) is 38.1 Å². The predicted octanol–water partition coefficient (Wildman–Crippen LogP) is 3.91. The Bertz CT molecular complexity index is 1380. The Labute approximate surface area is 202 Å². The lowest BCUT2D eigenvalue weighted by atomic mass is 10.1. The number of rotatable bonds is 7. The maximum atomic E-state index is 13.6. The molecule has 0 atom stereocenters. The highest BCUT2D eigenvalue weighted by Crippen LogP contribution is 2.26. The van der Waals surface area contributed by atoms with Gasteiger partial charge >= 0.3 is 0 Å². The van der Waals surface area contributed by atoms with Crippen molar-refractivity contribution in [2.75, 3.05) is 11.9 Å². The molecule has 2 aromatic heterocycles. The second-order valence-corrected chi connectivity index (χ2v) is 8.86. The molecule has 0 saturated carbocycles. The van der Waals surface area contributed by atoms with Crippen LogP contribution in [0.1, 0.15) is 36.2 Å². The third-order valence-electron chi connectivity index (χ3n) is 6.03. The van der Waals surface area contributed by atoms with Gasteiger partial charge in [0.1, 0.15) is 11.6 Å². The molecule has 9 heteroatoms. The first-order chi connectivity index (χ1) is 17.0. The summed E-state index contributed by atoms with van der Waals surface area (Å²) >= 11 is 0. The van der Waals surface area contributed by atoms with Crippen molar-refractivity contribution in [2.45, 2.75) is 40.0 Å². The molecule has 0 unspecified atom stereocenters. The average molecular weight is 475 g/mol. The van der Waals surface area contributed by atoms with Gasteiger partial charge < -0.3 is 15.4 Å². The molecule has 2 N–H and O–H groups in total. The fraction of sp³-hybridized carbons (Fsp3) is 0.308. The zero-order chi connectivity index (χ0) is 24.4. The van der Waals surface area contributed by atoms with E-state index in [4.69, 9.17) is 14.7 Å². The van der Waals surface area contributed by atoms with E-state index in [1.54, 1.807) is 16.9 Å². The van der Waals surface area contributed by atoms with Crippen molar-refractivity contribution in [3.05, 3.63) is 76.9 Å². The van der Waals surface area contributed by atoms with Crippen LogP contribution in [0.4, 0.5) is 10.2 Å². The first-order valence-electron chi connectivity index (χ1n) is 11.7. The zero-order valence-corrected chi connectivity index (χ0v) is 19.7. The molecule has 0 radical (unpaired) electrons. The van der Waals surface area contributed by atoms with Gasteiger partial charge in [-0.25, -0.2) is 9.37 Å². The molecule has 0 aliphatic carbocycles. The Kier molecular flexibility index (Phi) is 6.41. The van der Waals surface area contributed by atoms with Crippen LogP contribution in [0.2, 0.25) is 0 Å². The summed E-state index contributed by atoms with van der Waals surface area (Å²) in [6, 6.07) is 12.3. The van der Waals surface area contributed by atoms with E-state index in [2.05, 4.69) is 15.7 Å². The summed E-state index contributed by atoms with van der Waals surface area (Å²) < 4.78 is 21.0. The Morgan fingerprint density at radius 3 is 2.86 bits per heavy atom. The van der Waals surface area contributed by atoms with Gasteiger partial charge in [0.15, 0.2) is 0 Å². The summed E-state index contributed by atoms with van der Waals surface area (Å²) in [6.07, 6.45) is 2.45. The van der Waals surface area contributed by atoms with Crippen molar-refractivity contribution < 1.29 is 13.9 Å². The summed E-state index contributed by atoms with van der Waals surface area (Å²) in [7, 11) is 0. The van der Waals surface area contributed by atoms with Crippen molar-refractivity contribution >= 4 is 22.6 Å². The number of fused-ring (bicyclic) bond motifs is 2. The molecule has 1 aliphatic heterocycles. The number of nitrogens with zero attached hydrogens (tertiary/aromatic N) is 4. The van der Waals surface area contributed by atoms with E-state index in [9.17, 15) is 9.18 Å². The SMILES string of the molecule is CC(C)C(=O)NCc1cccc2c1cnn2-c1nc2c(c(NCc3cccc(F)c3)n1)COCC2. The number of halogens is 1. The van der Waals surface area contributed by atoms with Crippen molar-refractivity contribution in [3.8, 4) is 5.95 Å². The Morgan fingerprint density at radius 2 is 2.03 bits per heavy atom. The third-order valence-corrected chi connectivity index (χ3v) is 6.03. The first kappa shape index (κ1) is 22.9. The molecular formula is C26H27FN6O2. The third kappa shape index (κ3) is 4.85. The van der Waals surface area contributed by atoms with Gasteiger partial charge in [-0.2, -0.15) is 14.8 Å². The maximum Gasteiger partial charge on any atom is 0.253 e. The molecular weight excluding hydrogens is 447 g/mol. The van der Waals surface area contributed by atoms with Crippen LogP contribution in [-0.2, 0) is 35.6 Å². The molecule has 8 nitrogen and oxygen atoms in total. The highest BCUT2D eigenvalue weighted by Gasteiger charge is 2.21.